The number of piperidine rings is 1. The summed E-state index contributed by atoms with van der Waals surface area (Å²) in [5.41, 5.74) is 0.689. The van der Waals surface area contributed by atoms with Crippen LogP contribution in [0.25, 0.3) is 0 Å². The number of thiophene rings is 1. The van der Waals surface area contributed by atoms with Crippen LogP contribution in [-0.2, 0) is 14.8 Å². The lowest BCUT2D eigenvalue weighted by molar-refractivity contribution is -0.142. The average Bonchev–Trinajstić information content (AvgIpc) is 2.70. The molecule has 0 bridgehead atoms. The smallest absolute Gasteiger partial charge is 0.322 e. The Morgan fingerprint density at radius 1 is 1.53 bits per heavy atom. The number of aryl methyl sites for hydroxylation is 1. The van der Waals surface area contributed by atoms with Gasteiger partial charge in [-0.2, -0.15) is 4.31 Å². The highest BCUT2D eigenvalue weighted by molar-refractivity contribution is 7.91. The molecule has 0 spiro atoms. The molecule has 1 fully saturated rings. The molecule has 106 valence electrons. The van der Waals surface area contributed by atoms with Crippen LogP contribution in [0.4, 0.5) is 0 Å². The third-order valence-electron chi connectivity index (χ3n) is 3.14. The Bertz CT molecular complexity index is 576. The maximum absolute atomic E-state index is 12.5. The second kappa shape index (κ2) is 5.40. The van der Waals surface area contributed by atoms with Gasteiger partial charge in [0.25, 0.3) is 10.0 Å². The zero-order valence-corrected chi connectivity index (χ0v) is 12.7. The van der Waals surface area contributed by atoms with Gasteiger partial charge in [0, 0.05) is 6.54 Å². The van der Waals surface area contributed by atoms with E-state index in [1.807, 2.05) is 0 Å². The number of carboxylic acids is 1. The summed E-state index contributed by atoms with van der Waals surface area (Å²) in [6.45, 7) is 1.97. The molecular formula is C11H14ClNO4S2. The molecule has 0 saturated carbocycles. The summed E-state index contributed by atoms with van der Waals surface area (Å²) in [6.07, 6.45) is 1.76. The van der Waals surface area contributed by atoms with Gasteiger partial charge in [0.05, 0.1) is 4.34 Å². The summed E-state index contributed by atoms with van der Waals surface area (Å²) in [5, 5.41) is 9.15. The van der Waals surface area contributed by atoms with Gasteiger partial charge >= 0.3 is 5.97 Å². The molecule has 2 rings (SSSR count). The van der Waals surface area contributed by atoms with Crippen molar-refractivity contribution in [2.75, 3.05) is 6.54 Å². The van der Waals surface area contributed by atoms with Gasteiger partial charge in [-0.25, -0.2) is 8.42 Å². The SMILES string of the molecule is Cc1cc(S(=O)(=O)N2CCCC[C@@H]2C(=O)O)sc1Cl. The van der Waals surface area contributed by atoms with E-state index >= 15 is 0 Å². The second-order valence-electron chi connectivity index (χ2n) is 4.49. The van der Waals surface area contributed by atoms with Crippen LogP contribution in [0.1, 0.15) is 24.8 Å². The van der Waals surface area contributed by atoms with Gasteiger partial charge < -0.3 is 5.11 Å². The number of aliphatic carboxylic acids is 1. The Balaban J connectivity index is 2.39. The normalized spacial score (nSPS) is 21.5. The standard InChI is InChI=1S/C11H14ClNO4S2/c1-7-6-9(18-10(7)12)19(16,17)13-5-3-2-4-8(13)11(14)15/h6,8H,2-5H2,1H3,(H,14,15)/t8-/m1/s1. The minimum Gasteiger partial charge on any atom is -0.480 e. The first-order chi connectivity index (χ1) is 8.84. The van der Waals surface area contributed by atoms with Gasteiger partial charge in [-0.1, -0.05) is 11.6 Å². The van der Waals surface area contributed by atoms with Crippen LogP contribution in [0.2, 0.25) is 4.34 Å². The van der Waals surface area contributed by atoms with Gasteiger partial charge in [0.15, 0.2) is 0 Å². The van der Waals surface area contributed by atoms with Crippen molar-refractivity contribution in [3.05, 3.63) is 16.0 Å². The molecule has 1 atom stereocenters. The fourth-order valence-corrected chi connectivity index (χ4v) is 5.60. The zero-order valence-electron chi connectivity index (χ0n) is 10.3. The minimum atomic E-state index is -3.77. The molecule has 1 saturated heterocycles. The lowest BCUT2D eigenvalue weighted by Crippen LogP contribution is -2.47. The van der Waals surface area contributed by atoms with Gasteiger partial charge in [0.2, 0.25) is 0 Å². The number of nitrogens with zero attached hydrogens (tertiary/aromatic N) is 1. The third-order valence-corrected chi connectivity index (χ3v) is 7.05. The fraction of sp³-hybridized carbons (Fsp3) is 0.545. The first-order valence-corrected chi connectivity index (χ1v) is 8.48. The van der Waals surface area contributed by atoms with Crippen molar-refractivity contribution in [3.63, 3.8) is 0 Å². The molecule has 5 nitrogen and oxygen atoms in total. The van der Waals surface area contributed by atoms with Crippen molar-refractivity contribution in [2.24, 2.45) is 0 Å². The van der Waals surface area contributed by atoms with E-state index in [1.54, 1.807) is 6.92 Å². The van der Waals surface area contributed by atoms with Crippen LogP contribution in [0, 0.1) is 6.92 Å². The van der Waals surface area contributed by atoms with E-state index in [1.165, 1.54) is 6.07 Å². The molecule has 1 N–H and O–H groups in total. The highest BCUT2D eigenvalue weighted by Crippen LogP contribution is 2.34. The van der Waals surface area contributed by atoms with Crippen LogP contribution in [0.3, 0.4) is 0 Å². The van der Waals surface area contributed by atoms with Crippen molar-refractivity contribution in [1.82, 2.24) is 4.31 Å². The van der Waals surface area contributed by atoms with Gasteiger partial charge in [-0.3, -0.25) is 4.79 Å². The number of hydrogen-bond acceptors (Lipinski definition) is 4. The number of carbonyl (C=O) groups is 1. The van der Waals surface area contributed by atoms with Gasteiger partial charge in [-0.15, -0.1) is 11.3 Å². The summed E-state index contributed by atoms with van der Waals surface area (Å²) < 4.78 is 26.6. The molecule has 1 aromatic rings. The Morgan fingerprint density at radius 2 is 2.21 bits per heavy atom. The second-order valence-corrected chi connectivity index (χ2v) is 8.26. The zero-order chi connectivity index (χ0) is 14.2. The van der Waals surface area contributed by atoms with Crippen molar-refractivity contribution in [1.29, 1.82) is 0 Å². The molecule has 8 heteroatoms. The Hall–Kier alpha value is -0.630. The van der Waals surface area contributed by atoms with Crippen molar-refractivity contribution < 1.29 is 18.3 Å². The monoisotopic (exact) mass is 323 g/mol. The summed E-state index contributed by atoms with van der Waals surface area (Å²) in [6, 6.07) is 0.524. The third kappa shape index (κ3) is 2.79. The van der Waals surface area contributed by atoms with E-state index in [4.69, 9.17) is 16.7 Å². The van der Waals surface area contributed by atoms with Gasteiger partial charge in [-0.05, 0) is 37.8 Å². The largest absolute Gasteiger partial charge is 0.480 e. The van der Waals surface area contributed by atoms with E-state index in [2.05, 4.69) is 0 Å². The molecule has 0 radical (unpaired) electrons. The van der Waals surface area contributed by atoms with Crippen LogP contribution >= 0.6 is 22.9 Å². The van der Waals surface area contributed by atoms with Crippen molar-refractivity contribution >= 4 is 38.9 Å². The molecular weight excluding hydrogens is 310 g/mol. The summed E-state index contributed by atoms with van der Waals surface area (Å²) in [4.78, 5) is 11.2. The first kappa shape index (κ1) is 14.8. The molecule has 0 aliphatic carbocycles. The molecule has 0 amide bonds. The number of halogens is 1. The van der Waals surface area contributed by atoms with Crippen LogP contribution in [-0.4, -0.2) is 36.4 Å². The fourth-order valence-electron chi connectivity index (χ4n) is 2.11. The first-order valence-electron chi connectivity index (χ1n) is 5.84. The van der Waals surface area contributed by atoms with Gasteiger partial charge in [0.1, 0.15) is 10.3 Å². The summed E-state index contributed by atoms with van der Waals surface area (Å²) in [5.74, 6) is -1.09. The summed E-state index contributed by atoms with van der Waals surface area (Å²) in [7, 11) is -3.77. The predicted molar refractivity (Wildman–Crippen MR) is 73.2 cm³/mol. The lowest BCUT2D eigenvalue weighted by atomic mass is 10.1. The van der Waals surface area contributed by atoms with Crippen molar-refractivity contribution in [2.45, 2.75) is 36.4 Å². The summed E-state index contributed by atoms with van der Waals surface area (Å²) >= 11 is 6.86. The van der Waals surface area contributed by atoms with E-state index in [9.17, 15) is 13.2 Å². The van der Waals surface area contributed by atoms with Crippen LogP contribution in [0.5, 0.6) is 0 Å². The van der Waals surface area contributed by atoms with E-state index in [-0.39, 0.29) is 10.8 Å². The number of sulfonamides is 1. The van der Waals surface area contributed by atoms with Crippen molar-refractivity contribution in [3.8, 4) is 0 Å². The minimum absolute atomic E-state index is 0.114. The maximum Gasteiger partial charge on any atom is 0.322 e. The molecule has 1 aliphatic rings. The number of carboxylic acid groups (broad SMARTS) is 1. The van der Waals surface area contributed by atoms with E-state index in [0.717, 1.165) is 22.1 Å². The molecule has 2 heterocycles. The predicted octanol–water partition coefficient (Wildman–Crippen LogP) is 2.34. The molecule has 0 unspecified atom stereocenters. The average molecular weight is 324 g/mol. The van der Waals surface area contributed by atoms with E-state index in [0.29, 0.717) is 22.7 Å². The quantitative estimate of drug-likeness (QED) is 0.926. The van der Waals surface area contributed by atoms with E-state index < -0.39 is 22.0 Å². The lowest BCUT2D eigenvalue weighted by Gasteiger charge is -2.31. The highest BCUT2D eigenvalue weighted by Gasteiger charge is 2.38. The topological polar surface area (TPSA) is 74.7 Å². The Morgan fingerprint density at radius 3 is 2.74 bits per heavy atom. The number of hydrogen-bond donors (Lipinski definition) is 1. The van der Waals surface area contributed by atoms with Crippen LogP contribution in [0.15, 0.2) is 10.3 Å². The number of rotatable bonds is 3. The Labute approximate surface area is 120 Å². The Kier molecular flexibility index (Phi) is 4.20. The molecule has 0 aromatic carbocycles. The molecule has 19 heavy (non-hydrogen) atoms. The maximum atomic E-state index is 12.5. The molecule has 1 aliphatic heterocycles. The highest BCUT2D eigenvalue weighted by atomic mass is 35.5. The van der Waals surface area contributed by atoms with Crippen LogP contribution < -0.4 is 0 Å². The molecule has 1 aromatic heterocycles.